The van der Waals surface area contributed by atoms with E-state index < -0.39 is 0 Å². The summed E-state index contributed by atoms with van der Waals surface area (Å²) < 4.78 is 4.91. The summed E-state index contributed by atoms with van der Waals surface area (Å²) in [6, 6.07) is 99.1. The molecule has 0 amide bonds. The van der Waals surface area contributed by atoms with Crippen LogP contribution in [-0.2, 0) is 0 Å². The highest BCUT2D eigenvalue weighted by Crippen LogP contribution is 2.45. The van der Waals surface area contributed by atoms with Crippen LogP contribution in [0.4, 0.5) is 17.1 Å². The highest BCUT2D eigenvalue weighted by Gasteiger charge is 2.23. The minimum absolute atomic E-state index is 1.07. The topological polar surface area (TPSA) is 13.1 Å². The second kappa shape index (κ2) is 16.9. The van der Waals surface area contributed by atoms with Crippen LogP contribution in [0.3, 0.4) is 0 Å². The number of aromatic nitrogens is 2. The van der Waals surface area contributed by atoms with Gasteiger partial charge in [0.1, 0.15) is 0 Å². The number of nitrogens with zero attached hydrogens (tertiary/aromatic N) is 3. The Balaban J connectivity index is 0.994. The van der Waals surface area contributed by atoms with E-state index >= 15 is 0 Å². The average Bonchev–Trinajstić information content (AvgIpc) is 3.95. The molecule has 0 unspecified atom stereocenters. The number of rotatable bonds is 9. The van der Waals surface area contributed by atoms with Gasteiger partial charge in [0.2, 0.25) is 0 Å². The van der Waals surface area contributed by atoms with Crippen molar-refractivity contribution in [2.45, 2.75) is 0 Å². The molecule has 324 valence electrons. The van der Waals surface area contributed by atoms with Crippen molar-refractivity contribution in [3.63, 3.8) is 0 Å². The summed E-state index contributed by atoms with van der Waals surface area (Å²) in [5, 5.41) is 4.93. The van der Waals surface area contributed by atoms with E-state index in [1.54, 1.807) is 0 Å². The number of hydrogen-bond acceptors (Lipinski definition) is 1. The van der Waals surface area contributed by atoms with Crippen molar-refractivity contribution >= 4 is 60.7 Å². The zero-order valence-electron chi connectivity index (χ0n) is 37.8. The molecule has 3 heteroatoms. The molecule has 13 aromatic rings. The van der Waals surface area contributed by atoms with Crippen LogP contribution in [0.2, 0.25) is 0 Å². The molecular weight excluding hydrogens is 835 g/mol. The van der Waals surface area contributed by atoms with Crippen LogP contribution in [0.15, 0.2) is 273 Å². The minimum Gasteiger partial charge on any atom is -0.310 e. The van der Waals surface area contributed by atoms with E-state index in [0.29, 0.717) is 0 Å². The molecule has 11 aromatic carbocycles. The number of hydrogen-bond donors (Lipinski definition) is 0. The highest BCUT2D eigenvalue weighted by molar-refractivity contribution is 6.26. The molecule has 13 rings (SSSR count). The Labute approximate surface area is 401 Å². The Bertz CT molecular complexity index is 3950. The van der Waals surface area contributed by atoms with Crippen LogP contribution in [-0.4, -0.2) is 9.13 Å². The van der Waals surface area contributed by atoms with Gasteiger partial charge in [-0.05, 0) is 118 Å². The fourth-order valence-corrected chi connectivity index (χ4v) is 10.5. The molecule has 0 spiro atoms. The van der Waals surface area contributed by atoms with Gasteiger partial charge in [-0.15, -0.1) is 0 Å². The summed E-state index contributed by atoms with van der Waals surface area (Å²) in [5.74, 6) is 0. The molecule has 2 heterocycles. The van der Waals surface area contributed by atoms with Crippen LogP contribution < -0.4 is 4.90 Å². The lowest BCUT2D eigenvalue weighted by Crippen LogP contribution is -2.11. The predicted molar refractivity (Wildman–Crippen MR) is 292 cm³/mol. The predicted octanol–water partition coefficient (Wildman–Crippen LogP) is 18.0. The van der Waals surface area contributed by atoms with Gasteiger partial charge in [0.05, 0.1) is 27.8 Å². The molecule has 2 aromatic heterocycles. The van der Waals surface area contributed by atoms with E-state index in [9.17, 15) is 0 Å². The quantitative estimate of drug-likeness (QED) is 0.141. The van der Waals surface area contributed by atoms with Crippen molar-refractivity contribution in [2.75, 3.05) is 4.90 Å². The van der Waals surface area contributed by atoms with Crippen molar-refractivity contribution in [3.8, 4) is 55.9 Å². The SMILES string of the molecule is c1ccc(-c2ccc(N(c3ccc(-n4c5ccccc5c5ccc6c(c7ccccc7n6-c6ccc(-c7ccccc7)cc6)c54)cc3)c3ccc(-c4ccccc4)cc3-c3ccccc3)cc2)cc1. The Morgan fingerprint density at radius 3 is 1.28 bits per heavy atom. The third-order valence-electron chi connectivity index (χ3n) is 13.7. The van der Waals surface area contributed by atoms with Crippen molar-refractivity contribution in [1.82, 2.24) is 9.13 Å². The van der Waals surface area contributed by atoms with Crippen molar-refractivity contribution < 1.29 is 0 Å². The molecule has 0 radical (unpaired) electrons. The number of benzene rings is 11. The van der Waals surface area contributed by atoms with Gasteiger partial charge < -0.3 is 14.0 Å². The largest absolute Gasteiger partial charge is 0.310 e. The molecule has 0 aliphatic carbocycles. The maximum Gasteiger partial charge on any atom is 0.0641 e. The second-order valence-corrected chi connectivity index (χ2v) is 17.7. The lowest BCUT2D eigenvalue weighted by molar-refractivity contribution is 1.17. The van der Waals surface area contributed by atoms with Crippen LogP contribution in [0.25, 0.3) is 99.5 Å². The molecular formula is C66H45N3. The van der Waals surface area contributed by atoms with Crippen LogP contribution in [0.1, 0.15) is 0 Å². The monoisotopic (exact) mass is 879 g/mol. The molecule has 0 atom stereocenters. The van der Waals surface area contributed by atoms with Gasteiger partial charge in [0.15, 0.2) is 0 Å². The van der Waals surface area contributed by atoms with E-state index in [1.165, 1.54) is 77.0 Å². The third kappa shape index (κ3) is 6.99. The highest BCUT2D eigenvalue weighted by atomic mass is 15.1. The van der Waals surface area contributed by atoms with Gasteiger partial charge in [-0.2, -0.15) is 0 Å². The first-order chi connectivity index (χ1) is 34.2. The van der Waals surface area contributed by atoms with Crippen LogP contribution >= 0.6 is 0 Å². The molecule has 0 aliphatic heterocycles. The molecule has 0 saturated carbocycles. The molecule has 0 saturated heterocycles. The second-order valence-electron chi connectivity index (χ2n) is 17.7. The summed E-state index contributed by atoms with van der Waals surface area (Å²) in [6.07, 6.45) is 0. The number of para-hydroxylation sites is 2. The standard InChI is InChI=1S/C66H45N3/c1-5-17-46(18-6-1)49-29-34-53(35-30-49)67(63-43-33-52(48-21-9-3-10-22-48)45-60(63)51-23-11-4-12-24-51)54-38-40-56(41-39-54)69-61-27-15-13-25-57(61)58-42-44-64-65(66(58)69)59-26-14-16-28-62(59)68(64)55-36-31-50(32-37-55)47-19-7-2-8-20-47/h1-45H. The number of anilines is 3. The van der Waals surface area contributed by atoms with E-state index in [2.05, 4.69) is 287 Å². The molecule has 0 bridgehead atoms. The summed E-state index contributed by atoms with van der Waals surface area (Å²) >= 11 is 0. The zero-order valence-corrected chi connectivity index (χ0v) is 37.8. The lowest BCUT2D eigenvalue weighted by Gasteiger charge is -2.29. The van der Waals surface area contributed by atoms with Gasteiger partial charge in [0, 0.05) is 49.9 Å². The maximum atomic E-state index is 2.48. The summed E-state index contributed by atoms with van der Waals surface area (Å²) in [7, 11) is 0. The Morgan fingerprint density at radius 2 is 0.681 bits per heavy atom. The normalized spacial score (nSPS) is 11.5. The summed E-state index contributed by atoms with van der Waals surface area (Å²) in [6.45, 7) is 0. The smallest absolute Gasteiger partial charge is 0.0641 e. The maximum absolute atomic E-state index is 2.48. The fourth-order valence-electron chi connectivity index (χ4n) is 10.5. The van der Waals surface area contributed by atoms with Crippen molar-refractivity contribution in [3.05, 3.63) is 273 Å². The van der Waals surface area contributed by atoms with Crippen molar-refractivity contribution in [2.24, 2.45) is 0 Å². The van der Waals surface area contributed by atoms with E-state index in [0.717, 1.165) is 39.6 Å². The van der Waals surface area contributed by atoms with Gasteiger partial charge >= 0.3 is 0 Å². The molecule has 0 fully saturated rings. The first kappa shape index (κ1) is 40.1. The van der Waals surface area contributed by atoms with Crippen molar-refractivity contribution in [1.29, 1.82) is 0 Å². The lowest BCUT2D eigenvalue weighted by atomic mass is 9.96. The van der Waals surface area contributed by atoms with Crippen LogP contribution in [0, 0.1) is 0 Å². The van der Waals surface area contributed by atoms with E-state index in [1.807, 2.05) is 0 Å². The average molecular weight is 880 g/mol. The third-order valence-corrected chi connectivity index (χ3v) is 13.7. The first-order valence-electron chi connectivity index (χ1n) is 23.7. The zero-order chi connectivity index (χ0) is 45.7. The first-order valence-corrected chi connectivity index (χ1v) is 23.7. The summed E-state index contributed by atoms with van der Waals surface area (Å²) in [4.78, 5) is 2.41. The molecule has 3 nitrogen and oxygen atoms in total. The Kier molecular flexibility index (Phi) is 9.84. The fraction of sp³-hybridized carbons (Fsp3) is 0. The number of fused-ring (bicyclic) bond motifs is 7. The van der Waals surface area contributed by atoms with E-state index in [4.69, 9.17) is 0 Å². The minimum atomic E-state index is 1.07. The van der Waals surface area contributed by atoms with E-state index in [-0.39, 0.29) is 0 Å². The summed E-state index contributed by atoms with van der Waals surface area (Å²) in [5.41, 5.74) is 19.7. The van der Waals surface area contributed by atoms with Crippen LogP contribution in [0.5, 0.6) is 0 Å². The van der Waals surface area contributed by atoms with Gasteiger partial charge in [-0.1, -0.05) is 194 Å². The Morgan fingerprint density at radius 1 is 0.261 bits per heavy atom. The molecule has 69 heavy (non-hydrogen) atoms. The van der Waals surface area contributed by atoms with Gasteiger partial charge in [-0.25, -0.2) is 0 Å². The van der Waals surface area contributed by atoms with Gasteiger partial charge in [0.25, 0.3) is 0 Å². The Hall–Kier alpha value is -9.18. The molecule has 0 N–H and O–H groups in total. The van der Waals surface area contributed by atoms with Gasteiger partial charge in [-0.3, -0.25) is 0 Å². The molecule has 0 aliphatic rings.